The second-order valence-electron chi connectivity index (χ2n) is 4.97. The molecule has 3 nitrogen and oxygen atoms in total. The molecule has 0 bridgehead atoms. The minimum Gasteiger partial charge on any atom is -0.340 e. The van der Waals surface area contributed by atoms with Crippen LogP contribution >= 0.6 is 15.9 Å². The van der Waals surface area contributed by atoms with Gasteiger partial charge in [0.1, 0.15) is 11.8 Å². The summed E-state index contributed by atoms with van der Waals surface area (Å²) in [6.07, 6.45) is 0. The molecule has 20 heavy (non-hydrogen) atoms. The Bertz CT molecular complexity index is 635. The number of rotatable bonds is 4. The number of hydrogen-bond donors (Lipinski definition) is 1. The van der Waals surface area contributed by atoms with Crippen LogP contribution in [-0.2, 0) is 13.6 Å². The lowest BCUT2D eigenvalue weighted by atomic mass is 10.1. The summed E-state index contributed by atoms with van der Waals surface area (Å²) in [4.78, 5) is 0. The molecule has 0 spiro atoms. The van der Waals surface area contributed by atoms with Crippen molar-refractivity contribution in [3.8, 4) is 6.07 Å². The zero-order chi connectivity index (χ0) is 14.7. The summed E-state index contributed by atoms with van der Waals surface area (Å²) >= 11 is 3.44. The van der Waals surface area contributed by atoms with Crippen molar-refractivity contribution in [2.24, 2.45) is 7.05 Å². The Balaban J connectivity index is 2.05. The molecule has 0 aliphatic heterocycles. The first-order valence-corrected chi connectivity index (χ1v) is 7.36. The molecule has 0 saturated heterocycles. The minimum absolute atomic E-state index is 0.272. The van der Waals surface area contributed by atoms with Gasteiger partial charge in [0.15, 0.2) is 0 Å². The predicted octanol–water partition coefficient (Wildman–Crippen LogP) is 3.82. The Kier molecular flexibility index (Phi) is 4.64. The first-order valence-electron chi connectivity index (χ1n) is 6.57. The fraction of sp³-hybridized carbons (Fsp3) is 0.312. The van der Waals surface area contributed by atoms with Crippen LogP contribution in [0.15, 0.2) is 34.8 Å². The molecule has 1 aromatic carbocycles. The number of nitrogens with zero attached hydrogens (tertiary/aromatic N) is 2. The summed E-state index contributed by atoms with van der Waals surface area (Å²) in [5, 5.41) is 12.5. The molecule has 0 unspecified atom stereocenters. The third-order valence-corrected chi connectivity index (χ3v) is 4.25. The van der Waals surface area contributed by atoms with Crippen LogP contribution in [0.4, 0.5) is 0 Å². The van der Waals surface area contributed by atoms with E-state index in [2.05, 4.69) is 58.5 Å². The number of benzene rings is 1. The monoisotopic (exact) mass is 331 g/mol. The van der Waals surface area contributed by atoms with Crippen LogP contribution in [0.3, 0.4) is 0 Å². The summed E-state index contributed by atoms with van der Waals surface area (Å²) in [6, 6.07) is 12.8. The van der Waals surface area contributed by atoms with Gasteiger partial charge in [0, 0.05) is 29.8 Å². The van der Waals surface area contributed by atoms with E-state index >= 15 is 0 Å². The Hall–Kier alpha value is -1.57. The first kappa shape index (κ1) is 14.8. The molecule has 0 aliphatic rings. The van der Waals surface area contributed by atoms with Gasteiger partial charge in [0.25, 0.3) is 0 Å². The average molecular weight is 332 g/mol. The van der Waals surface area contributed by atoms with Gasteiger partial charge in [-0.2, -0.15) is 5.26 Å². The van der Waals surface area contributed by atoms with E-state index in [1.54, 1.807) is 0 Å². The van der Waals surface area contributed by atoms with Crippen molar-refractivity contribution in [3.63, 3.8) is 0 Å². The number of hydrogen-bond acceptors (Lipinski definition) is 2. The van der Waals surface area contributed by atoms with Gasteiger partial charge >= 0.3 is 0 Å². The summed E-state index contributed by atoms with van der Waals surface area (Å²) < 4.78 is 3.02. The zero-order valence-electron chi connectivity index (χ0n) is 11.9. The van der Waals surface area contributed by atoms with Gasteiger partial charge in [-0.3, -0.25) is 0 Å². The van der Waals surface area contributed by atoms with E-state index in [1.165, 1.54) is 11.1 Å². The van der Waals surface area contributed by atoms with E-state index in [0.29, 0.717) is 5.69 Å². The van der Waals surface area contributed by atoms with Crippen LogP contribution in [0, 0.1) is 18.3 Å². The standard InChI is InChI=1S/C16H18BrN3/c1-11(13-4-6-15(17)7-5-13)19-10-14-8-16(9-18)20(3)12(14)2/h4-8,11,19H,10H2,1-3H3/t11-/m1/s1. The summed E-state index contributed by atoms with van der Waals surface area (Å²) in [6.45, 7) is 4.95. The first-order chi connectivity index (χ1) is 9.52. The van der Waals surface area contributed by atoms with Gasteiger partial charge in [-0.1, -0.05) is 28.1 Å². The predicted molar refractivity (Wildman–Crippen MR) is 84.3 cm³/mol. The van der Waals surface area contributed by atoms with Gasteiger partial charge in [-0.15, -0.1) is 0 Å². The molecule has 1 N–H and O–H groups in total. The fourth-order valence-corrected chi connectivity index (χ4v) is 2.45. The second kappa shape index (κ2) is 6.25. The van der Waals surface area contributed by atoms with E-state index in [-0.39, 0.29) is 6.04 Å². The third kappa shape index (κ3) is 3.12. The van der Waals surface area contributed by atoms with Gasteiger partial charge in [0.05, 0.1) is 0 Å². The Morgan fingerprint density at radius 1 is 1.35 bits per heavy atom. The highest BCUT2D eigenvalue weighted by Gasteiger charge is 2.10. The third-order valence-electron chi connectivity index (χ3n) is 3.72. The average Bonchev–Trinajstić information content (AvgIpc) is 2.73. The highest BCUT2D eigenvalue weighted by atomic mass is 79.9. The van der Waals surface area contributed by atoms with Crippen molar-refractivity contribution in [2.45, 2.75) is 26.4 Å². The van der Waals surface area contributed by atoms with Crippen molar-refractivity contribution in [2.75, 3.05) is 0 Å². The topological polar surface area (TPSA) is 40.8 Å². The lowest BCUT2D eigenvalue weighted by Crippen LogP contribution is -2.18. The van der Waals surface area contributed by atoms with Crippen LogP contribution < -0.4 is 5.32 Å². The highest BCUT2D eigenvalue weighted by Crippen LogP contribution is 2.18. The molecular formula is C16H18BrN3. The lowest BCUT2D eigenvalue weighted by Gasteiger charge is -2.14. The van der Waals surface area contributed by atoms with Crippen LogP contribution in [0.25, 0.3) is 0 Å². The largest absolute Gasteiger partial charge is 0.340 e. The highest BCUT2D eigenvalue weighted by molar-refractivity contribution is 9.10. The molecule has 1 aromatic heterocycles. The quantitative estimate of drug-likeness (QED) is 0.925. The molecule has 2 rings (SSSR count). The molecule has 0 amide bonds. The Labute approximate surface area is 128 Å². The van der Waals surface area contributed by atoms with Gasteiger partial charge < -0.3 is 9.88 Å². The molecule has 0 aliphatic carbocycles. The van der Waals surface area contributed by atoms with E-state index in [0.717, 1.165) is 16.7 Å². The summed E-state index contributed by atoms with van der Waals surface area (Å²) in [7, 11) is 1.93. The number of halogens is 1. The van der Waals surface area contributed by atoms with Crippen LogP contribution in [0.1, 0.15) is 35.5 Å². The van der Waals surface area contributed by atoms with Crippen molar-refractivity contribution in [3.05, 3.63) is 57.3 Å². The SMILES string of the molecule is Cc1c(CN[C@H](C)c2ccc(Br)cc2)cc(C#N)n1C. The summed E-state index contributed by atoms with van der Waals surface area (Å²) in [5.74, 6) is 0. The van der Waals surface area contributed by atoms with Gasteiger partial charge in [-0.05, 0) is 43.2 Å². The number of nitriles is 1. The van der Waals surface area contributed by atoms with Gasteiger partial charge in [0.2, 0.25) is 0 Å². The van der Waals surface area contributed by atoms with Crippen molar-refractivity contribution >= 4 is 15.9 Å². The van der Waals surface area contributed by atoms with Crippen LogP contribution in [-0.4, -0.2) is 4.57 Å². The maximum atomic E-state index is 9.04. The molecule has 4 heteroatoms. The van der Waals surface area contributed by atoms with Gasteiger partial charge in [-0.25, -0.2) is 0 Å². The summed E-state index contributed by atoms with van der Waals surface area (Å²) in [5.41, 5.74) is 4.27. The lowest BCUT2D eigenvalue weighted by molar-refractivity contribution is 0.572. The number of nitrogens with one attached hydrogen (secondary N) is 1. The molecule has 1 heterocycles. The molecule has 1 atom stereocenters. The Morgan fingerprint density at radius 2 is 2.00 bits per heavy atom. The molecule has 0 fully saturated rings. The zero-order valence-corrected chi connectivity index (χ0v) is 13.5. The molecule has 0 saturated carbocycles. The van der Waals surface area contributed by atoms with E-state index in [1.807, 2.05) is 24.6 Å². The smallest absolute Gasteiger partial charge is 0.120 e. The molecular weight excluding hydrogens is 314 g/mol. The molecule has 2 aromatic rings. The number of aromatic nitrogens is 1. The Morgan fingerprint density at radius 3 is 2.55 bits per heavy atom. The van der Waals surface area contributed by atoms with Crippen molar-refractivity contribution in [1.29, 1.82) is 5.26 Å². The van der Waals surface area contributed by atoms with Crippen molar-refractivity contribution < 1.29 is 0 Å². The fourth-order valence-electron chi connectivity index (χ4n) is 2.18. The maximum Gasteiger partial charge on any atom is 0.120 e. The van der Waals surface area contributed by atoms with E-state index in [9.17, 15) is 0 Å². The molecule has 104 valence electrons. The van der Waals surface area contributed by atoms with Crippen LogP contribution in [0.5, 0.6) is 0 Å². The second-order valence-corrected chi connectivity index (χ2v) is 5.88. The van der Waals surface area contributed by atoms with Crippen LogP contribution in [0.2, 0.25) is 0 Å². The van der Waals surface area contributed by atoms with E-state index < -0.39 is 0 Å². The maximum absolute atomic E-state index is 9.04. The minimum atomic E-state index is 0.272. The molecule has 0 radical (unpaired) electrons. The normalized spacial score (nSPS) is 12.2. The van der Waals surface area contributed by atoms with Crippen molar-refractivity contribution in [1.82, 2.24) is 9.88 Å². The van der Waals surface area contributed by atoms with E-state index in [4.69, 9.17) is 5.26 Å².